The number of carbonyl (C=O) groups excluding carboxylic acids is 2. The Morgan fingerprint density at radius 2 is 2.00 bits per heavy atom. The van der Waals surface area contributed by atoms with Crippen LogP contribution in [0.25, 0.3) is 10.9 Å². The first-order valence-electron chi connectivity index (χ1n) is 6.70. The van der Waals surface area contributed by atoms with Crippen LogP contribution in [0.15, 0.2) is 22.8 Å². The first-order valence-corrected chi connectivity index (χ1v) is 7.49. The third-order valence-electron chi connectivity index (χ3n) is 2.70. The smallest absolute Gasteiger partial charge is 0.435 e. The standard InChI is InChI=1S/C15H17BrN2O4/c1-9(19)21-8-11-6-12(16)5-10-7-17-18(13(10)11)14(20)22-15(2,3)4/h5-7H,8H2,1-4H3. The molecule has 1 heterocycles. The number of nitrogens with zero attached hydrogens (tertiary/aromatic N) is 2. The molecule has 0 saturated heterocycles. The Hall–Kier alpha value is -1.89. The molecule has 0 fully saturated rings. The van der Waals surface area contributed by atoms with Gasteiger partial charge in [0.25, 0.3) is 0 Å². The van der Waals surface area contributed by atoms with E-state index in [-0.39, 0.29) is 6.61 Å². The number of benzene rings is 1. The third-order valence-corrected chi connectivity index (χ3v) is 3.16. The lowest BCUT2D eigenvalue weighted by Crippen LogP contribution is -2.27. The third kappa shape index (κ3) is 3.85. The van der Waals surface area contributed by atoms with Crippen LogP contribution in [-0.2, 0) is 20.9 Å². The number of carbonyl (C=O) groups is 2. The van der Waals surface area contributed by atoms with Crippen LogP contribution < -0.4 is 0 Å². The molecule has 6 nitrogen and oxygen atoms in total. The summed E-state index contributed by atoms with van der Waals surface area (Å²) in [5.74, 6) is -0.392. The molecule has 0 saturated carbocycles. The maximum absolute atomic E-state index is 12.3. The molecule has 0 aliphatic rings. The molecule has 0 unspecified atom stereocenters. The van der Waals surface area contributed by atoms with E-state index in [9.17, 15) is 9.59 Å². The molecule has 0 aliphatic carbocycles. The zero-order valence-corrected chi connectivity index (χ0v) is 14.4. The predicted molar refractivity (Wildman–Crippen MR) is 84.5 cm³/mol. The quantitative estimate of drug-likeness (QED) is 0.756. The van der Waals surface area contributed by atoms with Gasteiger partial charge in [-0.05, 0) is 32.9 Å². The molecule has 118 valence electrons. The number of ether oxygens (including phenoxy) is 2. The van der Waals surface area contributed by atoms with Crippen LogP contribution >= 0.6 is 15.9 Å². The lowest BCUT2D eigenvalue weighted by molar-refractivity contribution is -0.142. The second-order valence-corrected chi connectivity index (χ2v) is 6.74. The van der Waals surface area contributed by atoms with Crippen molar-refractivity contribution in [3.8, 4) is 0 Å². The van der Waals surface area contributed by atoms with E-state index < -0.39 is 17.7 Å². The summed E-state index contributed by atoms with van der Waals surface area (Å²) in [6.07, 6.45) is 0.996. The van der Waals surface area contributed by atoms with E-state index >= 15 is 0 Å². The zero-order chi connectivity index (χ0) is 16.5. The molecule has 0 N–H and O–H groups in total. The Labute approximate surface area is 136 Å². The van der Waals surface area contributed by atoms with Crippen LogP contribution in [0.2, 0.25) is 0 Å². The number of esters is 1. The van der Waals surface area contributed by atoms with Crippen molar-refractivity contribution in [3.05, 3.63) is 28.4 Å². The maximum Gasteiger partial charge on any atom is 0.435 e. The molecular weight excluding hydrogens is 352 g/mol. The fraction of sp³-hybridized carbons (Fsp3) is 0.400. The molecule has 0 radical (unpaired) electrons. The summed E-state index contributed by atoms with van der Waals surface area (Å²) >= 11 is 3.39. The molecule has 0 amide bonds. The van der Waals surface area contributed by atoms with Gasteiger partial charge in [0.15, 0.2) is 0 Å². The molecule has 0 atom stereocenters. The number of rotatable bonds is 2. The van der Waals surface area contributed by atoms with Crippen molar-refractivity contribution in [2.45, 2.75) is 39.9 Å². The van der Waals surface area contributed by atoms with Crippen LogP contribution in [0.3, 0.4) is 0 Å². The van der Waals surface area contributed by atoms with E-state index in [0.717, 1.165) is 9.86 Å². The lowest BCUT2D eigenvalue weighted by Gasteiger charge is -2.19. The Morgan fingerprint density at radius 1 is 1.32 bits per heavy atom. The van der Waals surface area contributed by atoms with Crippen molar-refractivity contribution in [3.63, 3.8) is 0 Å². The van der Waals surface area contributed by atoms with E-state index in [0.29, 0.717) is 11.1 Å². The lowest BCUT2D eigenvalue weighted by atomic mass is 10.1. The van der Waals surface area contributed by atoms with Gasteiger partial charge in [-0.3, -0.25) is 4.79 Å². The number of hydrogen-bond donors (Lipinski definition) is 0. The van der Waals surface area contributed by atoms with Gasteiger partial charge < -0.3 is 9.47 Å². The van der Waals surface area contributed by atoms with E-state index in [1.54, 1.807) is 33.0 Å². The highest BCUT2D eigenvalue weighted by molar-refractivity contribution is 9.10. The van der Waals surface area contributed by atoms with Crippen LogP contribution in [-0.4, -0.2) is 27.4 Å². The molecule has 0 spiro atoms. The topological polar surface area (TPSA) is 70.4 Å². The molecule has 2 aromatic rings. The number of fused-ring (bicyclic) bond motifs is 1. The second-order valence-electron chi connectivity index (χ2n) is 5.82. The van der Waals surface area contributed by atoms with Gasteiger partial charge in [-0.1, -0.05) is 15.9 Å². The van der Waals surface area contributed by atoms with Gasteiger partial charge in [0.05, 0.1) is 11.7 Å². The molecule has 1 aromatic heterocycles. The summed E-state index contributed by atoms with van der Waals surface area (Å²) in [4.78, 5) is 23.3. The SMILES string of the molecule is CC(=O)OCc1cc(Br)cc2cnn(C(=O)OC(C)(C)C)c12. The first kappa shape index (κ1) is 16.5. The van der Waals surface area contributed by atoms with Gasteiger partial charge in [0, 0.05) is 22.3 Å². The molecule has 7 heteroatoms. The summed E-state index contributed by atoms with van der Waals surface area (Å²) in [7, 11) is 0. The largest absolute Gasteiger partial charge is 0.461 e. The van der Waals surface area contributed by atoms with Gasteiger partial charge in [-0.2, -0.15) is 9.78 Å². The van der Waals surface area contributed by atoms with E-state index in [1.807, 2.05) is 6.07 Å². The van der Waals surface area contributed by atoms with Gasteiger partial charge >= 0.3 is 12.1 Å². The molecule has 0 aliphatic heterocycles. The van der Waals surface area contributed by atoms with E-state index in [1.165, 1.54) is 11.6 Å². The molecular formula is C15H17BrN2O4. The predicted octanol–water partition coefficient (Wildman–Crippen LogP) is 3.65. The van der Waals surface area contributed by atoms with Crippen LogP contribution in [0.4, 0.5) is 4.79 Å². The average Bonchev–Trinajstić information content (AvgIpc) is 2.77. The van der Waals surface area contributed by atoms with Crippen molar-refractivity contribution in [1.82, 2.24) is 9.78 Å². The minimum atomic E-state index is -0.624. The summed E-state index contributed by atoms with van der Waals surface area (Å²) in [5, 5.41) is 4.84. The highest BCUT2D eigenvalue weighted by Gasteiger charge is 2.22. The summed E-state index contributed by atoms with van der Waals surface area (Å²) in [6, 6.07) is 3.62. The zero-order valence-electron chi connectivity index (χ0n) is 12.8. The highest BCUT2D eigenvalue weighted by Crippen LogP contribution is 2.26. The average molecular weight is 369 g/mol. The minimum Gasteiger partial charge on any atom is -0.461 e. The monoisotopic (exact) mass is 368 g/mol. The molecule has 1 aromatic carbocycles. The maximum atomic E-state index is 12.3. The van der Waals surface area contributed by atoms with Crippen molar-refractivity contribution in [2.75, 3.05) is 0 Å². The van der Waals surface area contributed by atoms with Crippen LogP contribution in [0, 0.1) is 0 Å². The minimum absolute atomic E-state index is 0.0553. The normalized spacial score (nSPS) is 11.5. The van der Waals surface area contributed by atoms with Crippen LogP contribution in [0.5, 0.6) is 0 Å². The highest BCUT2D eigenvalue weighted by atomic mass is 79.9. The van der Waals surface area contributed by atoms with Crippen molar-refractivity contribution in [1.29, 1.82) is 0 Å². The van der Waals surface area contributed by atoms with Gasteiger partial charge in [-0.15, -0.1) is 0 Å². The van der Waals surface area contributed by atoms with E-state index in [2.05, 4.69) is 21.0 Å². The van der Waals surface area contributed by atoms with Crippen LogP contribution in [0.1, 0.15) is 33.3 Å². The fourth-order valence-electron chi connectivity index (χ4n) is 1.95. The molecule has 2 rings (SSSR count). The summed E-state index contributed by atoms with van der Waals surface area (Å²) in [6.45, 7) is 6.74. The summed E-state index contributed by atoms with van der Waals surface area (Å²) < 4.78 is 12.4. The number of halogens is 1. The fourth-order valence-corrected chi connectivity index (χ4v) is 2.47. The van der Waals surface area contributed by atoms with Crippen molar-refractivity contribution in [2.24, 2.45) is 0 Å². The summed E-state index contributed by atoms with van der Waals surface area (Å²) in [5.41, 5.74) is 0.613. The number of aromatic nitrogens is 2. The Bertz CT molecular complexity index is 731. The second kappa shape index (κ2) is 6.08. The van der Waals surface area contributed by atoms with Crippen molar-refractivity contribution >= 4 is 38.9 Å². The van der Waals surface area contributed by atoms with E-state index in [4.69, 9.17) is 9.47 Å². The Balaban J connectivity index is 2.47. The van der Waals surface area contributed by atoms with Gasteiger partial charge in [0.2, 0.25) is 0 Å². The van der Waals surface area contributed by atoms with Crippen molar-refractivity contribution < 1.29 is 19.1 Å². The van der Waals surface area contributed by atoms with Gasteiger partial charge in [0.1, 0.15) is 12.2 Å². The molecule has 0 bridgehead atoms. The van der Waals surface area contributed by atoms with Gasteiger partial charge in [-0.25, -0.2) is 4.79 Å². The Morgan fingerprint density at radius 3 is 2.59 bits per heavy atom. The number of hydrogen-bond acceptors (Lipinski definition) is 5. The first-order chi connectivity index (χ1) is 10.2. The Kier molecular flexibility index (Phi) is 4.55. The molecule has 22 heavy (non-hydrogen) atoms.